The van der Waals surface area contributed by atoms with Gasteiger partial charge >= 0.3 is 5.97 Å². The second-order valence-electron chi connectivity index (χ2n) is 5.94. The van der Waals surface area contributed by atoms with Gasteiger partial charge in [0.05, 0.1) is 12.2 Å². The van der Waals surface area contributed by atoms with Gasteiger partial charge in [0.15, 0.2) is 0 Å². The van der Waals surface area contributed by atoms with Gasteiger partial charge in [0.1, 0.15) is 5.82 Å². The van der Waals surface area contributed by atoms with E-state index >= 15 is 0 Å². The number of esters is 1. The van der Waals surface area contributed by atoms with Crippen LogP contribution in [0.4, 0.5) is 4.39 Å². The number of halogens is 1. The molecule has 0 spiro atoms. The summed E-state index contributed by atoms with van der Waals surface area (Å²) in [6.45, 7) is 5.99. The number of hydrogen-bond acceptors (Lipinski definition) is 2. The molecule has 0 aliphatic rings. The van der Waals surface area contributed by atoms with Crippen molar-refractivity contribution >= 4 is 5.97 Å². The van der Waals surface area contributed by atoms with Gasteiger partial charge in [0.25, 0.3) is 0 Å². The van der Waals surface area contributed by atoms with E-state index in [1.54, 1.807) is 19.1 Å². The molecule has 0 saturated heterocycles. The lowest BCUT2D eigenvalue weighted by atomic mass is 10.0. The van der Waals surface area contributed by atoms with Crippen LogP contribution in [0.15, 0.2) is 54.7 Å². The van der Waals surface area contributed by atoms with Crippen molar-refractivity contribution in [2.75, 3.05) is 6.61 Å². The summed E-state index contributed by atoms with van der Waals surface area (Å²) < 4.78 is 20.4. The highest BCUT2D eigenvalue weighted by molar-refractivity contribution is 5.99. The van der Waals surface area contributed by atoms with E-state index in [2.05, 4.69) is 0 Å². The van der Waals surface area contributed by atoms with Crippen molar-refractivity contribution < 1.29 is 13.9 Å². The number of carbonyl (C=O) groups is 1. The number of rotatable bonds is 4. The summed E-state index contributed by atoms with van der Waals surface area (Å²) in [7, 11) is 0. The Bertz CT molecular complexity index is 893. The summed E-state index contributed by atoms with van der Waals surface area (Å²) >= 11 is 0. The number of aryl methyl sites for hydroxylation is 1. The molecule has 0 bridgehead atoms. The van der Waals surface area contributed by atoms with Gasteiger partial charge in [-0.05, 0) is 50.6 Å². The number of ether oxygens (including phenoxy) is 1. The van der Waals surface area contributed by atoms with Gasteiger partial charge in [-0.15, -0.1) is 0 Å². The van der Waals surface area contributed by atoms with E-state index in [0.29, 0.717) is 12.2 Å². The van der Waals surface area contributed by atoms with Crippen LogP contribution in [0.1, 0.15) is 28.5 Å². The van der Waals surface area contributed by atoms with E-state index in [1.165, 1.54) is 12.1 Å². The van der Waals surface area contributed by atoms with Gasteiger partial charge < -0.3 is 9.30 Å². The van der Waals surface area contributed by atoms with Crippen LogP contribution < -0.4 is 0 Å². The Labute approximate surface area is 146 Å². The first-order valence-electron chi connectivity index (χ1n) is 8.23. The van der Waals surface area contributed by atoms with Gasteiger partial charge in [-0.2, -0.15) is 0 Å². The molecular formula is C21H20FNO2. The van der Waals surface area contributed by atoms with Crippen molar-refractivity contribution in [2.45, 2.75) is 20.8 Å². The second kappa shape index (κ2) is 6.93. The van der Waals surface area contributed by atoms with E-state index in [-0.39, 0.29) is 11.8 Å². The van der Waals surface area contributed by atoms with Crippen LogP contribution in [-0.2, 0) is 4.74 Å². The fourth-order valence-electron chi connectivity index (χ4n) is 2.89. The Hall–Kier alpha value is -2.88. The minimum absolute atomic E-state index is 0.294. The summed E-state index contributed by atoms with van der Waals surface area (Å²) in [4.78, 5) is 12.5. The molecule has 0 atom stereocenters. The maximum atomic E-state index is 13.2. The van der Waals surface area contributed by atoms with Crippen molar-refractivity contribution in [3.05, 3.63) is 77.4 Å². The Morgan fingerprint density at radius 1 is 1.04 bits per heavy atom. The minimum Gasteiger partial charge on any atom is -0.462 e. The van der Waals surface area contributed by atoms with Gasteiger partial charge in [-0.1, -0.05) is 29.8 Å². The molecule has 0 fully saturated rings. The molecule has 0 unspecified atom stereocenters. The third kappa shape index (κ3) is 3.33. The molecule has 1 heterocycles. The van der Waals surface area contributed by atoms with Crippen molar-refractivity contribution in [3.63, 3.8) is 0 Å². The van der Waals surface area contributed by atoms with E-state index in [1.807, 2.05) is 48.9 Å². The highest BCUT2D eigenvalue weighted by atomic mass is 19.1. The first-order valence-corrected chi connectivity index (χ1v) is 8.23. The molecule has 0 amide bonds. The minimum atomic E-state index is -0.351. The van der Waals surface area contributed by atoms with Crippen LogP contribution in [0.2, 0.25) is 0 Å². The Morgan fingerprint density at radius 2 is 1.68 bits per heavy atom. The van der Waals surface area contributed by atoms with Crippen LogP contribution in [0.25, 0.3) is 16.8 Å². The first kappa shape index (κ1) is 17.0. The molecule has 1 aromatic heterocycles. The monoisotopic (exact) mass is 337 g/mol. The van der Waals surface area contributed by atoms with Crippen molar-refractivity contribution in [1.82, 2.24) is 4.57 Å². The van der Waals surface area contributed by atoms with Crippen LogP contribution in [0.5, 0.6) is 0 Å². The summed E-state index contributed by atoms with van der Waals surface area (Å²) in [6, 6.07) is 14.2. The number of nitrogens with zero attached hydrogens (tertiary/aromatic N) is 1. The Balaban J connectivity index is 2.18. The zero-order valence-electron chi connectivity index (χ0n) is 14.5. The van der Waals surface area contributed by atoms with Crippen LogP contribution in [0.3, 0.4) is 0 Å². The predicted octanol–water partition coefficient (Wildman–Crippen LogP) is 5.08. The quantitative estimate of drug-likeness (QED) is 0.622. The Morgan fingerprint density at radius 3 is 2.28 bits per heavy atom. The van der Waals surface area contributed by atoms with Crippen molar-refractivity contribution in [3.8, 4) is 16.8 Å². The number of benzene rings is 2. The van der Waals surface area contributed by atoms with Gasteiger partial charge in [-0.25, -0.2) is 9.18 Å². The SMILES string of the molecule is CCOC(=O)c1c(-c2ccc(C)cc2)cn(-c2ccc(F)cc2)c1C. The average Bonchev–Trinajstić information content (AvgIpc) is 2.94. The largest absolute Gasteiger partial charge is 0.462 e. The van der Waals surface area contributed by atoms with Crippen LogP contribution >= 0.6 is 0 Å². The normalized spacial score (nSPS) is 10.7. The molecule has 0 radical (unpaired) electrons. The third-order valence-corrected chi connectivity index (χ3v) is 4.20. The van der Waals surface area contributed by atoms with Crippen LogP contribution in [-0.4, -0.2) is 17.1 Å². The first-order chi connectivity index (χ1) is 12.0. The molecule has 128 valence electrons. The topological polar surface area (TPSA) is 31.2 Å². The highest BCUT2D eigenvalue weighted by Gasteiger charge is 2.22. The second-order valence-corrected chi connectivity index (χ2v) is 5.94. The van der Waals surface area contributed by atoms with E-state index in [9.17, 15) is 9.18 Å². The fraction of sp³-hybridized carbons (Fsp3) is 0.190. The number of hydrogen-bond donors (Lipinski definition) is 0. The maximum Gasteiger partial charge on any atom is 0.340 e. The van der Waals surface area contributed by atoms with Crippen molar-refractivity contribution in [2.24, 2.45) is 0 Å². The molecule has 2 aromatic carbocycles. The molecule has 4 heteroatoms. The molecular weight excluding hydrogens is 317 g/mol. The predicted molar refractivity (Wildman–Crippen MR) is 96.6 cm³/mol. The standard InChI is InChI=1S/C21H20FNO2/c1-4-25-21(24)20-15(3)23(18-11-9-17(22)10-12-18)13-19(20)16-7-5-14(2)6-8-16/h5-13H,4H2,1-3H3. The fourth-order valence-corrected chi connectivity index (χ4v) is 2.89. The van der Waals surface area contributed by atoms with E-state index < -0.39 is 0 Å². The van der Waals surface area contributed by atoms with Gasteiger partial charge in [-0.3, -0.25) is 0 Å². The lowest BCUT2D eigenvalue weighted by molar-refractivity contribution is 0.0526. The highest BCUT2D eigenvalue weighted by Crippen LogP contribution is 2.31. The molecule has 0 aliphatic heterocycles. The Kier molecular flexibility index (Phi) is 4.70. The lowest BCUT2D eigenvalue weighted by Gasteiger charge is -2.07. The lowest BCUT2D eigenvalue weighted by Crippen LogP contribution is -2.07. The molecule has 3 aromatic rings. The van der Waals surface area contributed by atoms with Gasteiger partial charge in [0, 0.05) is 23.1 Å². The van der Waals surface area contributed by atoms with Crippen molar-refractivity contribution in [1.29, 1.82) is 0 Å². The van der Waals surface area contributed by atoms with Gasteiger partial charge in [0.2, 0.25) is 0 Å². The molecule has 25 heavy (non-hydrogen) atoms. The number of aromatic nitrogens is 1. The summed E-state index contributed by atoms with van der Waals surface area (Å²) in [5, 5.41) is 0. The molecule has 3 nitrogen and oxygen atoms in total. The molecule has 3 rings (SSSR count). The maximum absolute atomic E-state index is 13.2. The average molecular weight is 337 g/mol. The molecule has 0 N–H and O–H groups in total. The van der Waals surface area contributed by atoms with E-state index in [4.69, 9.17) is 4.74 Å². The zero-order valence-corrected chi connectivity index (χ0v) is 14.5. The third-order valence-electron chi connectivity index (χ3n) is 4.20. The summed E-state index contributed by atoms with van der Waals surface area (Å²) in [5.41, 5.74) is 4.99. The van der Waals surface area contributed by atoms with Crippen LogP contribution in [0, 0.1) is 19.7 Å². The van der Waals surface area contributed by atoms with E-state index in [0.717, 1.165) is 28.1 Å². The smallest absolute Gasteiger partial charge is 0.340 e. The summed E-state index contributed by atoms with van der Waals surface area (Å²) in [6.07, 6.45) is 1.90. The molecule has 0 saturated carbocycles. The number of carbonyl (C=O) groups excluding carboxylic acids is 1. The summed E-state index contributed by atoms with van der Waals surface area (Å²) in [5.74, 6) is -0.644. The zero-order chi connectivity index (χ0) is 18.0. The molecule has 0 aliphatic carbocycles.